The van der Waals surface area contributed by atoms with E-state index in [2.05, 4.69) is 15.5 Å². The number of aromatic nitrogens is 2. The SMILES string of the molecule is Cc1nc(C2(NCC(=O)N3CCN(C(=O)c4cccs4)CC3)CCCC2)no1. The zero-order valence-electron chi connectivity index (χ0n) is 16.0. The first kappa shape index (κ1) is 19.1. The van der Waals surface area contributed by atoms with Gasteiger partial charge < -0.3 is 14.3 Å². The predicted molar refractivity (Wildman–Crippen MR) is 104 cm³/mol. The first-order valence-electron chi connectivity index (χ1n) is 9.74. The number of hydrogen-bond donors (Lipinski definition) is 1. The largest absolute Gasteiger partial charge is 0.340 e. The highest BCUT2D eigenvalue weighted by molar-refractivity contribution is 7.12. The summed E-state index contributed by atoms with van der Waals surface area (Å²) in [5, 5.41) is 9.43. The van der Waals surface area contributed by atoms with Crippen molar-refractivity contribution in [1.82, 2.24) is 25.3 Å². The van der Waals surface area contributed by atoms with Gasteiger partial charge in [0.25, 0.3) is 5.91 Å². The topological polar surface area (TPSA) is 91.6 Å². The highest BCUT2D eigenvalue weighted by Gasteiger charge is 2.40. The second-order valence-electron chi connectivity index (χ2n) is 7.43. The van der Waals surface area contributed by atoms with Crippen molar-refractivity contribution < 1.29 is 14.1 Å². The zero-order valence-corrected chi connectivity index (χ0v) is 16.8. The number of carbonyl (C=O) groups is 2. The van der Waals surface area contributed by atoms with Gasteiger partial charge in [-0.3, -0.25) is 14.9 Å². The lowest BCUT2D eigenvalue weighted by atomic mass is 9.96. The van der Waals surface area contributed by atoms with Crippen molar-refractivity contribution in [2.45, 2.75) is 38.1 Å². The molecule has 3 heterocycles. The molecule has 1 saturated carbocycles. The quantitative estimate of drug-likeness (QED) is 0.818. The first-order valence-corrected chi connectivity index (χ1v) is 10.6. The molecular formula is C19H25N5O3S. The Hall–Kier alpha value is -2.26. The van der Waals surface area contributed by atoms with Gasteiger partial charge in [-0.2, -0.15) is 4.98 Å². The lowest BCUT2D eigenvalue weighted by Crippen LogP contribution is -2.54. The number of nitrogens with zero attached hydrogens (tertiary/aromatic N) is 4. The monoisotopic (exact) mass is 403 g/mol. The number of amides is 2. The van der Waals surface area contributed by atoms with Gasteiger partial charge in [0, 0.05) is 33.1 Å². The van der Waals surface area contributed by atoms with Crippen LogP contribution in [0.25, 0.3) is 0 Å². The summed E-state index contributed by atoms with van der Waals surface area (Å²) >= 11 is 1.45. The van der Waals surface area contributed by atoms with E-state index in [1.165, 1.54) is 11.3 Å². The normalized spacial score (nSPS) is 19.2. The van der Waals surface area contributed by atoms with E-state index in [9.17, 15) is 9.59 Å². The minimum atomic E-state index is -0.371. The van der Waals surface area contributed by atoms with Crippen LogP contribution in [0, 0.1) is 6.92 Å². The predicted octanol–water partition coefficient (Wildman–Crippen LogP) is 1.78. The van der Waals surface area contributed by atoms with E-state index in [0.717, 1.165) is 30.6 Å². The fourth-order valence-electron chi connectivity index (χ4n) is 4.02. The van der Waals surface area contributed by atoms with E-state index in [1.807, 2.05) is 27.3 Å². The molecular weight excluding hydrogens is 378 g/mol. The van der Waals surface area contributed by atoms with Crippen molar-refractivity contribution in [3.05, 3.63) is 34.1 Å². The molecule has 1 aliphatic heterocycles. The third-order valence-corrected chi connectivity index (χ3v) is 6.50. The average Bonchev–Trinajstić information content (AvgIpc) is 3.47. The Morgan fingerprint density at radius 3 is 2.54 bits per heavy atom. The minimum absolute atomic E-state index is 0.0507. The second kappa shape index (κ2) is 8.00. The molecule has 8 nitrogen and oxygen atoms in total. The molecule has 0 bridgehead atoms. The van der Waals surface area contributed by atoms with Gasteiger partial charge in [-0.15, -0.1) is 11.3 Å². The zero-order chi connectivity index (χ0) is 19.6. The molecule has 2 aromatic rings. The van der Waals surface area contributed by atoms with Gasteiger partial charge in [-0.05, 0) is 24.3 Å². The standard InChI is InChI=1S/C19H25N5O3S/c1-14-21-18(22-27-14)19(6-2-3-7-19)20-13-16(25)23-8-10-24(11-9-23)17(26)15-5-4-12-28-15/h4-5,12,20H,2-3,6-11,13H2,1H3. The first-order chi connectivity index (χ1) is 13.6. The molecule has 2 fully saturated rings. The minimum Gasteiger partial charge on any atom is -0.340 e. The molecule has 1 aliphatic carbocycles. The van der Waals surface area contributed by atoms with Gasteiger partial charge in [-0.25, -0.2) is 0 Å². The van der Waals surface area contributed by atoms with Crippen LogP contribution in [-0.2, 0) is 10.3 Å². The molecule has 0 atom stereocenters. The number of hydrogen-bond acceptors (Lipinski definition) is 7. The molecule has 9 heteroatoms. The highest BCUT2D eigenvalue weighted by Crippen LogP contribution is 2.37. The third kappa shape index (κ3) is 3.81. The summed E-state index contributed by atoms with van der Waals surface area (Å²) in [6.07, 6.45) is 3.97. The van der Waals surface area contributed by atoms with Crippen molar-refractivity contribution >= 4 is 23.2 Å². The number of piperazine rings is 1. The van der Waals surface area contributed by atoms with Crippen molar-refractivity contribution in [2.24, 2.45) is 0 Å². The number of carbonyl (C=O) groups excluding carboxylic acids is 2. The average molecular weight is 404 g/mol. The van der Waals surface area contributed by atoms with Gasteiger partial charge in [0.05, 0.1) is 17.0 Å². The Morgan fingerprint density at radius 1 is 1.21 bits per heavy atom. The summed E-state index contributed by atoms with van der Waals surface area (Å²) in [7, 11) is 0. The Balaban J connectivity index is 1.31. The van der Waals surface area contributed by atoms with Crippen LogP contribution < -0.4 is 5.32 Å². The molecule has 0 radical (unpaired) electrons. The second-order valence-corrected chi connectivity index (χ2v) is 8.38. The van der Waals surface area contributed by atoms with E-state index in [4.69, 9.17) is 4.52 Å². The van der Waals surface area contributed by atoms with Crippen LogP contribution in [0.1, 0.15) is 47.1 Å². The number of thiophene rings is 1. The fraction of sp³-hybridized carbons (Fsp3) is 0.579. The number of rotatable bonds is 5. The molecule has 2 amide bonds. The third-order valence-electron chi connectivity index (χ3n) is 5.64. The van der Waals surface area contributed by atoms with Gasteiger partial charge in [0.1, 0.15) is 0 Å². The Kier molecular flexibility index (Phi) is 5.45. The van der Waals surface area contributed by atoms with Crippen molar-refractivity contribution in [3.63, 3.8) is 0 Å². The Bertz CT molecular complexity index is 821. The van der Waals surface area contributed by atoms with Crippen LogP contribution >= 0.6 is 11.3 Å². The summed E-state index contributed by atoms with van der Waals surface area (Å²) in [5.41, 5.74) is -0.371. The molecule has 0 unspecified atom stereocenters. The molecule has 2 aliphatic rings. The summed E-state index contributed by atoms with van der Waals surface area (Å²) < 4.78 is 5.16. The summed E-state index contributed by atoms with van der Waals surface area (Å²) in [6, 6.07) is 3.72. The van der Waals surface area contributed by atoms with E-state index in [1.54, 1.807) is 6.92 Å². The number of nitrogens with one attached hydrogen (secondary N) is 1. The van der Waals surface area contributed by atoms with Gasteiger partial charge in [0.15, 0.2) is 5.82 Å². The lowest BCUT2D eigenvalue weighted by Gasteiger charge is -2.35. The van der Waals surface area contributed by atoms with Crippen molar-refractivity contribution in [1.29, 1.82) is 0 Å². The van der Waals surface area contributed by atoms with Gasteiger partial charge in [0.2, 0.25) is 11.8 Å². The maximum atomic E-state index is 12.7. The fourth-order valence-corrected chi connectivity index (χ4v) is 4.71. The van der Waals surface area contributed by atoms with E-state index < -0.39 is 0 Å². The van der Waals surface area contributed by atoms with Crippen LogP contribution in [0.5, 0.6) is 0 Å². The van der Waals surface area contributed by atoms with Crippen molar-refractivity contribution in [2.75, 3.05) is 32.7 Å². The maximum absolute atomic E-state index is 12.7. The smallest absolute Gasteiger partial charge is 0.264 e. The lowest BCUT2D eigenvalue weighted by molar-refractivity contribution is -0.132. The van der Waals surface area contributed by atoms with Crippen LogP contribution in [0.15, 0.2) is 22.0 Å². The summed E-state index contributed by atoms with van der Waals surface area (Å²) in [4.78, 5) is 34.0. The summed E-state index contributed by atoms with van der Waals surface area (Å²) in [5.74, 6) is 1.30. The number of aryl methyl sites for hydroxylation is 1. The van der Waals surface area contributed by atoms with E-state index >= 15 is 0 Å². The Labute approximate surface area is 167 Å². The molecule has 1 saturated heterocycles. The maximum Gasteiger partial charge on any atom is 0.264 e. The summed E-state index contributed by atoms with van der Waals surface area (Å²) in [6.45, 7) is 4.28. The molecule has 0 spiro atoms. The van der Waals surface area contributed by atoms with Gasteiger partial charge in [-0.1, -0.05) is 24.1 Å². The molecule has 150 valence electrons. The van der Waals surface area contributed by atoms with Crippen molar-refractivity contribution in [3.8, 4) is 0 Å². The molecule has 1 N–H and O–H groups in total. The van der Waals surface area contributed by atoms with Gasteiger partial charge >= 0.3 is 0 Å². The molecule has 2 aromatic heterocycles. The molecule has 4 rings (SSSR count). The van der Waals surface area contributed by atoms with Crippen LogP contribution in [0.2, 0.25) is 0 Å². The Morgan fingerprint density at radius 2 is 1.93 bits per heavy atom. The van der Waals surface area contributed by atoms with E-state index in [-0.39, 0.29) is 23.9 Å². The highest BCUT2D eigenvalue weighted by atomic mass is 32.1. The van der Waals surface area contributed by atoms with Crippen LogP contribution in [0.3, 0.4) is 0 Å². The van der Waals surface area contributed by atoms with E-state index in [0.29, 0.717) is 37.9 Å². The molecule has 0 aromatic carbocycles. The van der Waals surface area contributed by atoms with Crippen LogP contribution in [0.4, 0.5) is 0 Å². The molecule has 28 heavy (non-hydrogen) atoms. The van der Waals surface area contributed by atoms with Crippen LogP contribution in [-0.4, -0.2) is 64.5 Å².